The minimum Gasteiger partial charge on any atom is -0.508 e. The quantitative estimate of drug-likeness (QED) is 0.101. The number of carbonyl (C=O) groups excluding carboxylic acids is 9. The third-order valence-corrected chi connectivity index (χ3v) is 10.2. The molecule has 2 aromatic carbocycles. The second-order valence-electron chi connectivity index (χ2n) is 16.3. The van der Waals surface area contributed by atoms with Crippen molar-refractivity contribution in [1.29, 1.82) is 0 Å². The van der Waals surface area contributed by atoms with Crippen molar-refractivity contribution in [2.75, 3.05) is 6.54 Å². The first-order valence-electron chi connectivity index (χ1n) is 21.2. The van der Waals surface area contributed by atoms with Crippen molar-refractivity contribution in [3.8, 4) is 11.5 Å². The van der Waals surface area contributed by atoms with Gasteiger partial charge in [0.05, 0.1) is 13.0 Å². The van der Waals surface area contributed by atoms with Crippen LogP contribution in [0.1, 0.15) is 70.4 Å². The molecule has 1 aliphatic rings. The number of benzene rings is 2. The molecule has 0 aromatic heterocycles. The second-order valence-corrected chi connectivity index (χ2v) is 16.3. The van der Waals surface area contributed by atoms with E-state index in [2.05, 4.69) is 42.5 Å². The van der Waals surface area contributed by atoms with Gasteiger partial charge in [0, 0.05) is 25.7 Å². The third kappa shape index (κ3) is 18.7. The van der Waals surface area contributed by atoms with Gasteiger partial charge in [-0.05, 0) is 67.5 Å². The fourth-order valence-corrected chi connectivity index (χ4v) is 6.64. The van der Waals surface area contributed by atoms with Gasteiger partial charge in [-0.2, -0.15) is 0 Å². The van der Waals surface area contributed by atoms with Gasteiger partial charge >= 0.3 is 11.9 Å². The standard InChI is InChI=1S/C43H57N9O15/c1-21(2)16-29-41(65)50-28(13-15-35(57)58)39(63)49-27(37(44)61)12-14-33(55)47-30(17-23-4-8-25(53)9-5-23)42(66)51-31(18-24-6-10-26(54)11-7-24)43(67)52-32(19-36(59)60)40(64)46-22(3)38(62)45-20-34(56)48-29/h4-11,21-22,27-32,53-54H,12-20H2,1-3H3,(H2,44,61)(H,45,62)(H,46,64)(H,47,55)(H,48,56)(H,49,63)(H,50,65)(H,51,66)(H,52,67)(H,57,58)(H,59,60)/t22-,27-,28-,29-,30-,31-,32-/m0/s1. The van der Waals surface area contributed by atoms with E-state index < -0.39 is 146 Å². The number of nitrogens with two attached hydrogens (primary N) is 1. The molecular weight excluding hydrogens is 883 g/mol. The van der Waals surface area contributed by atoms with Crippen molar-refractivity contribution < 1.29 is 73.2 Å². The Balaban J connectivity index is 2.09. The SMILES string of the molecule is CC(C)C[C@@H]1NC(=O)CNC(=O)[C@H](C)NC(=O)[C@H](CC(=O)O)NC(=O)[C@H](Cc2ccc(O)cc2)NC(=O)[C@H](Cc2ccc(O)cc2)NC(=O)CC[C@@H](C(N)=O)NC(=O)[C@H](CCC(=O)O)NC1=O. The summed E-state index contributed by atoms with van der Waals surface area (Å²) in [5.74, 6) is -12.5. The number of carboxylic acids is 2. The highest BCUT2D eigenvalue weighted by Gasteiger charge is 2.34. The maximum absolute atomic E-state index is 14.1. The van der Waals surface area contributed by atoms with E-state index in [-0.39, 0.29) is 36.7 Å². The highest BCUT2D eigenvalue weighted by atomic mass is 16.4. The molecule has 1 heterocycles. The van der Waals surface area contributed by atoms with Crippen LogP contribution in [0.4, 0.5) is 0 Å². The van der Waals surface area contributed by atoms with Gasteiger partial charge in [0.25, 0.3) is 0 Å². The predicted octanol–water partition coefficient (Wildman–Crippen LogP) is -2.92. The lowest BCUT2D eigenvalue weighted by Gasteiger charge is -2.26. The van der Waals surface area contributed by atoms with Gasteiger partial charge in [0.2, 0.25) is 53.2 Å². The molecule has 0 aliphatic carbocycles. The van der Waals surface area contributed by atoms with Crippen LogP contribution in [-0.2, 0) is 65.6 Å². The zero-order valence-electron chi connectivity index (χ0n) is 37.0. The maximum atomic E-state index is 14.1. The molecule has 364 valence electrons. The van der Waals surface area contributed by atoms with E-state index in [1.807, 2.05) is 0 Å². The third-order valence-electron chi connectivity index (χ3n) is 10.2. The zero-order valence-corrected chi connectivity index (χ0v) is 37.0. The first kappa shape index (κ1) is 53.5. The second kappa shape index (κ2) is 25.6. The molecule has 9 amide bonds. The van der Waals surface area contributed by atoms with E-state index in [0.717, 1.165) is 0 Å². The van der Waals surface area contributed by atoms with Crippen LogP contribution in [0.3, 0.4) is 0 Å². The molecule has 0 bridgehead atoms. The van der Waals surface area contributed by atoms with Crippen molar-refractivity contribution in [3.63, 3.8) is 0 Å². The van der Waals surface area contributed by atoms with Crippen molar-refractivity contribution in [2.24, 2.45) is 11.7 Å². The monoisotopic (exact) mass is 939 g/mol. The van der Waals surface area contributed by atoms with E-state index in [0.29, 0.717) is 11.1 Å². The van der Waals surface area contributed by atoms with Crippen molar-refractivity contribution in [2.45, 2.75) is 114 Å². The molecule has 67 heavy (non-hydrogen) atoms. The van der Waals surface area contributed by atoms with E-state index in [4.69, 9.17) is 5.73 Å². The molecule has 24 nitrogen and oxygen atoms in total. The number of aromatic hydroxyl groups is 2. The predicted molar refractivity (Wildman–Crippen MR) is 233 cm³/mol. The van der Waals surface area contributed by atoms with Crippen LogP contribution in [0, 0.1) is 5.92 Å². The molecule has 7 atom stereocenters. The molecule has 24 heteroatoms. The Kier molecular flexibility index (Phi) is 20.5. The van der Waals surface area contributed by atoms with Gasteiger partial charge in [-0.15, -0.1) is 0 Å². The molecular formula is C43H57N9O15. The van der Waals surface area contributed by atoms with E-state index >= 15 is 0 Å². The summed E-state index contributed by atoms with van der Waals surface area (Å²) in [6.45, 7) is 3.86. The topological polar surface area (TPSA) is 391 Å². The fourth-order valence-electron chi connectivity index (χ4n) is 6.64. The summed E-state index contributed by atoms with van der Waals surface area (Å²) in [6.07, 6.45) is -3.76. The summed E-state index contributed by atoms with van der Waals surface area (Å²) in [7, 11) is 0. The Morgan fingerprint density at radius 1 is 0.597 bits per heavy atom. The molecule has 2 aromatic rings. The number of primary amides is 1. The first-order valence-corrected chi connectivity index (χ1v) is 21.2. The lowest BCUT2D eigenvalue weighted by atomic mass is 10.0. The molecule has 0 saturated carbocycles. The molecule has 0 radical (unpaired) electrons. The molecule has 0 spiro atoms. The Hall–Kier alpha value is -7.79. The maximum Gasteiger partial charge on any atom is 0.305 e. The average Bonchev–Trinajstić information content (AvgIpc) is 3.25. The lowest BCUT2D eigenvalue weighted by molar-refractivity contribution is -0.141. The zero-order chi connectivity index (χ0) is 50.0. The van der Waals surface area contributed by atoms with Crippen molar-refractivity contribution >= 4 is 65.1 Å². The van der Waals surface area contributed by atoms with Crippen LogP contribution in [0.5, 0.6) is 11.5 Å². The molecule has 3 rings (SSSR count). The molecule has 1 saturated heterocycles. The van der Waals surface area contributed by atoms with Crippen LogP contribution in [0.25, 0.3) is 0 Å². The summed E-state index contributed by atoms with van der Waals surface area (Å²) in [5.41, 5.74) is 6.34. The number of hydrogen-bond acceptors (Lipinski definition) is 13. The van der Waals surface area contributed by atoms with Gasteiger partial charge in [-0.3, -0.25) is 52.7 Å². The normalized spacial score (nSPS) is 23.5. The van der Waals surface area contributed by atoms with Crippen LogP contribution in [0.2, 0.25) is 0 Å². The number of aliphatic carboxylic acids is 2. The summed E-state index contributed by atoms with van der Waals surface area (Å²) in [6, 6.07) is 0.000324. The van der Waals surface area contributed by atoms with Crippen LogP contribution in [0.15, 0.2) is 48.5 Å². The van der Waals surface area contributed by atoms with E-state index in [9.17, 15) is 73.2 Å². The molecule has 1 aliphatic heterocycles. The summed E-state index contributed by atoms with van der Waals surface area (Å²) < 4.78 is 0. The van der Waals surface area contributed by atoms with Gasteiger partial charge in [0.15, 0.2) is 0 Å². The minimum atomic E-state index is -1.85. The van der Waals surface area contributed by atoms with Gasteiger partial charge in [-0.1, -0.05) is 38.1 Å². The Bertz CT molecular complexity index is 2150. The van der Waals surface area contributed by atoms with Crippen LogP contribution >= 0.6 is 0 Å². The molecule has 0 unspecified atom stereocenters. The number of carboxylic acid groups (broad SMARTS) is 2. The number of rotatable bonds is 12. The number of phenolic OH excluding ortho intramolecular Hbond substituents is 2. The van der Waals surface area contributed by atoms with Crippen molar-refractivity contribution in [1.82, 2.24) is 42.5 Å². The minimum absolute atomic E-state index is 0.0114. The van der Waals surface area contributed by atoms with Crippen LogP contribution in [-0.4, -0.2) is 134 Å². The summed E-state index contributed by atoms with van der Waals surface area (Å²) >= 11 is 0. The van der Waals surface area contributed by atoms with Gasteiger partial charge in [-0.25, -0.2) is 0 Å². The van der Waals surface area contributed by atoms with Gasteiger partial charge in [0.1, 0.15) is 53.8 Å². The average molecular weight is 940 g/mol. The largest absolute Gasteiger partial charge is 0.508 e. The van der Waals surface area contributed by atoms with Crippen LogP contribution < -0.4 is 48.3 Å². The number of hydrogen-bond donors (Lipinski definition) is 13. The smallest absolute Gasteiger partial charge is 0.305 e. The summed E-state index contributed by atoms with van der Waals surface area (Å²) in [5, 5.41) is 57.8. The molecule has 14 N–H and O–H groups in total. The van der Waals surface area contributed by atoms with E-state index in [1.165, 1.54) is 55.5 Å². The number of phenols is 2. The molecule has 1 fully saturated rings. The Morgan fingerprint density at radius 3 is 1.57 bits per heavy atom. The Labute approximate surface area is 383 Å². The first-order chi connectivity index (χ1) is 31.5. The highest BCUT2D eigenvalue weighted by Crippen LogP contribution is 2.15. The lowest BCUT2D eigenvalue weighted by Crippen LogP contribution is -2.59. The Morgan fingerprint density at radius 2 is 1.06 bits per heavy atom. The van der Waals surface area contributed by atoms with Crippen molar-refractivity contribution in [3.05, 3.63) is 59.7 Å². The number of amides is 9. The summed E-state index contributed by atoms with van der Waals surface area (Å²) in [4.78, 5) is 144. The van der Waals surface area contributed by atoms with E-state index in [1.54, 1.807) is 13.8 Å². The highest BCUT2D eigenvalue weighted by molar-refractivity contribution is 5.98. The van der Waals surface area contributed by atoms with Gasteiger partial charge < -0.3 is 68.7 Å². The fraction of sp³-hybridized carbons (Fsp3) is 0.465. The number of carbonyl (C=O) groups is 11. The number of nitrogens with one attached hydrogen (secondary N) is 8.